The van der Waals surface area contributed by atoms with Crippen LogP contribution in [0.4, 0.5) is 20.2 Å². The second kappa shape index (κ2) is 8.82. The number of ether oxygens (including phenoxy) is 3. The molecule has 3 rings (SSSR count). The van der Waals surface area contributed by atoms with E-state index in [9.17, 15) is 13.0 Å². The second-order valence-corrected chi connectivity index (χ2v) is 6.69. The van der Waals surface area contributed by atoms with Gasteiger partial charge in [0.2, 0.25) is 0 Å². The standard InChI is InChI=1S/C16H17F2N3O4S.H2O/c1-23-13-5-6-19-12(14(13)24-2)8-26(22)16-20-10-4-3-9(25-15(17)18)7-11(10)21-16;/h3-7,15-16,20-21H,8H2,1-2H3;1H2/t16-,26?;/m1./s1/i1D3;. The molecule has 1 aliphatic rings. The molecule has 0 spiro atoms. The van der Waals surface area contributed by atoms with Crippen LogP contribution in [-0.4, -0.2) is 40.9 Å². The molecule has 8 nitrogen and oxygen atoms in total. The fourth-order valence-corrected chi connectivity index (χ4v) is 3.64. The summed E-state index contributed by atoms with van der Waals surface area (Å²) in [5.74, 6) is -0.0863. The number of fused-ring (bicyclic) bond motifs is 1. The highest BCUT2D eigenvalue weighted by atomic mass is 32.2. The van der Waals surface area contributed by atoms with Crippen LogP contribution in [0.15, 0.2) is 30.5 Å². The van der Waals surface area contributed by atoms with E-state index in [-0.39, 0.29) is 34.2 Å². The maximum Gasteiger partial charge on any atom is 0.387 e. The van der Waals surface area contributed by atoms with Gasteiger partial charge in [0.1, 0.15) is 5.75 Å². The fraction of sp³-hybridized carbons (Fsp3) is 0.312. The minimum atomic E-state index is -2.95. The second-order valence-electron chi connectivity index (χ2n) is 5.17. The Labute approximate surface area is 160 Å². The van der Waals surface area contributed by atoms with Crippen molar-refractivity contribution < 1.29 is 36.8 Å². The Kier molecular flexibility index (Phi) is 5.39. The van der Waals surface area contributed by atoms with Gasteiger partial charge >= 0.3 is 6.61 Å². The predicted octanol–water partition coefficient (Wildman–Crippen LogP) is 1.95. The Morgan fingerprint density at radius 2 is 2.07 bits per heavy atom. The summed E-state index contributed by atoms with van der Waals surface area (Å²) in [6.07, 6.45) is 1.33. The quantitative estimate of drug-likeness (QED) is 0.722. The van der Waals surface area contributed by atoms with E-state index in [0.717, 1.165) is 0 Å². The van der Waals surface area contributed by atoms with E-state index < -0.39 is 29.9 Å². The molecule has 1 aliphatic heterocycles. The van der Waals surface area contributed by atoms with Crippen molar-refractivity contribution in [3.63, 3.8) is 0 Å². The Morgan fingerprint density at radius 3 is 2.78 bits per heavy atom. The van der Waals surface area contributed by atoms with E-state index in [1.807, 2.05) is 0 Å². The summed E-state index contributed by atoms with van der Waals surface area (Å²) < 4.78 is 73.6. The van der Waals surface area contributed by atoms with Crippen LogP contribution < -0.4 is 24.8 Å². The average molecular weight is 406 g/mol. The molecule has 0 amide bonds. The number of nitrogens with one attached hydrogen (secondary N) is 2. The van der Waals surface area contributed by atoms with Gasteiger partial charge in [0.05, 0.1) is 51.9 Å². The van der Waals surface area contributed by atoms with E-state index in [4.69, 9.17) is 13.6 Å². The van der Waals surface area contributed by atoms with E-state index in [1.165, 1.54) is 37.6 Å². The molecule has 11 heteroatoms. The number of methoxy groups -OCH3 is 2. The van der Waals surface area contributed by atoms with Crippen molar-refractivity contribution in [1.29, 1.82) is 0 Å². The molecule has 0 aliphatic carbocycles. The van der Waals surface area contributed by atoms with E-state index in [0.29, 0.717) is 11.4 Å². The molecule has 0 saturated carbocycles. The first-order valence-electron chi connectivity index (χ1n) is 8.86. The lowest BCUT2D eigenvalue weighted by Crippen LogP contribution is -2.28. The third kappa shape index (κ3) is 4.55. The first-order chi connectivity index (χ1) is 13.7. The molecule has 148 valence electrons. The number of halogens is 2. The zero-order chi connectivity index (χ0) is 21.2. The van der Waals surface area contributed by atoms with Crippen molar-refractivity contribution in [2.24, 2.45) is 0 Å². The van der Waals surface area contributed by atoms with E-state index in [2.05, 4.69) is 20.4 Å². The number of anilines is 2. The molecule has 0 fully saturated rings. The van der Waals surface area contributed by atoms with Gasteiger partial charge in [-0.2, -0.15) is 8.78 Å². The molecular formula is C16H19F2N3O5S. The van der Waals surface area contributed by atoms with Crippen molar-refractivity contribution in [3.05, 3.63) is 36.2 Å². The average Bonchev–Trinajstić information content (AvgIpc) is 3.03. The minimum absolute atomic E-state index is 0. The number of rotatable bonds is 7. The topological polar surface area (TPSA) is 113 Å². The molecule has 4 N–H and O–H groups in total. The summed E-state index contributed by atoms with van der Waals surface area (Å²) >= 11 is 0. The SMILES string of the molecule is O.[2H]C([2H])([2H])Oc1ccnc(CS(=O)[C@@H]2Nc3ccc(OC(F)F)cc3N2)c1OC. The van der Waals surface area contributed by atoms with E-state index in [1.54, 1.807) is 0 Å². The molecule has 2 atom stereocenters. The van der Waals surface area contributed by atoms with Crippen molar-refractivity contribution in [1.82, 2.24) is 4.98 Å². The summed E-state index contributed by atoms with van der Waals surface area (Å²) in [4.78, 5) is 4.11. The Balaban J connectivity index is 0.00000320. The van der Waals surface area contributed by atoms with Gasteiger partial charge in [0, 0.05) is 18.3 Å². The number of pyridine rings is 1. The number of aromatic nitrogens is 1. The van der Waals surface area contributed by atoms with Crippen molar-refractivity contribution in [2.75, 3.05) is 24.8 Å². The highest BCUT2D eigenvalue weighted by Crippen LogP contribution is 2.35. The highest BCUT2D eigenvalue weighted by Gasteiger charge is 2.27. The van der Waals surface area contributed by atoms with Gasteiger partial charge in [-0.1, -0.05) is 0 Å². The Bertz CT molecular complexity index is 920. The summed E-state index contributed by atoms with van der Waals surface area (Å²) in [6.45, 7) is -2.95. The summed E-state index contributed by atoms with van der Waals surface area (Å²) in [6, 6.07) is 5.60. The molecule has 2 aromatic rings. The number of alkyl halides is 2. The molecule has 1 unspecified atom stereocenters. The largest absolute Gasteiger partial charge is 0.493 e. The van der Waals surface area contributed by atoms with Gasteiger partial charge < -0.3 is 30.3 Å². The van der Waals surface area contributed by atoms with E-state index >= 15 is 0 Å². The van der Waals surface area contributed by atoms with Crippen LogP contribution in [0.1, 0.15) is 9.81 Å². The maximum absolute atomic E-state index is 12.8. The number of hydrogen-bond donors (Lipinski definition) is 2. The molecule has 0 radical (unpaired) electrons. The number of benzene rings is 1. The maximum atomic E-state index is 12.8. The lowest BCUT2D eigenvalue weighted by molar-refractivity contribution is -0.0497. The molecule has 1 aromatic carbocycles. The molecular weight excluding hydrogens is 384 g/mol. The third-order valence-corrected chi connectivity index (χ3v) is 4.91. The van der Waals surface area contributed by atoms with Gasteiger partial charge in [-0.3, -0.25) is 9.19 Å². The first kappa shape index (κ1) is 16.5. The van der Waals surface area contributed by atoms with Crippen LogP contribution in [0, 0.1) is 0 Å². The molecule has 1 aromatic heterocycles. The predicted molar refractivity (Wildman–Crippen MR) is 96.9 cm³/mol. The molecule has 2 heterocycles. The van der Waals surface area contributed by atoms with Gasteiger partial charge in [0.15, 0.2) is 17.0 Å². The van der Waals surface area contributed by atoms with Gasteiger partial charge in [0.25, 0.3) is 0 Å². The fourth-order valence-electron chi connectivity index (χ4n) is 2.49. The van der Waals surface area contributed by atoms with Crippen LogP contribution in [0.5, 0.6) is 17.2 Å². The zero-order valence-corrected chi connectivity index (χ0v) is 14.8. The number of nitrogens with zero attached hydrogens (tertiary/aromatic N) is 1. The van der Waals surface area contributed by atoms with Gasteiger partial charge in [-0.05, 0) is 12.1 Å². The smallest absolute Gasteiger partial charge is 0.387 e. The first-order valence-corrected chi connectivity index (χ1v) is 8.74. The van der Waals surface area contributed by atoms with Crippen LogP contribution in [0.25, 0.3) is 0 Å². The molecule has 0 saturated heterocycles. The lowest BCUT2D eigenvalue weighted by atomic mass is 10.2. The zero-order valence-electron chi connectivity index (χ0n) is 17.0. The van der Waals surface area contributed by atoms with Gasteiger partial charge in [-0.25, -0.2) is 0 Å². The molecule has 27 heavy (non-hydrogen) atoms. The van der Waals surface area contributed by atoms with Crippen LogP contribution in [-0.2, 0) is 16.6 Å². The van der Waals surface area contributed by atoms with Crippen LogP contribution >= 0.6 is 0 Å². The minimum Gasteiger partial charge on any atom is -0.493 e. The third-order valence-electron chi connectivity index (χ3n) is 3.59. The summed E-state index contributed by atoms with van der Waals surface area (Å²) in [5, 5.41) is 5.91. The summed E-state index contributed by atoms with van der Waals surface area (Å²) in [5.41, 5.74) is 0.546. The van der Waals surface area contributed by atoms with Crippen LogP contribution in [0.2, 0.25) is 0 Å². The normalized spacial score (nSPS) is 17.9. The number of hydrogen-bond acceptors (Lipinski definition) is 7. The molecule has 0 bridgehead atoms. The van der Waals surface area contributed by atoms with Gasteiger partial charge in [-0.15, -0.1) is 0 Å². The Morgan fingerprint density at radius 1 is 1.30 bits per heavy atom. The van der Waals surface area contributed by atoms with Crippen molar-refractivity contribution in [3.8, 4) is 17.2 Å². The highest BCUT2D eigenvalue weighted by molar-refractivity contribution is 7.85. The monoisotopic (exact) mass is 406 g/mol. The van der Waals surface area contributed by atoms with Crippen molar-refractivity contribution in [2.45, 2.75) is 17.9 Å². The van der Waals surface area contributed by atoms with Crippen molar-refractivity contribution >= 4 is 22.2 Å². The Hall–Kier alpha value is -2.66. The van der Waals surface area contributed by atoms with Crippen LogP contribution in [0.3, 0.4) is 0 Å². The lowest BCUT2D eigenvalue weighted by Gasteiger charge is -2.14. The summed E-state index contributed by atoms with van der Waals surface area (Å²) in [7, 11) is -2.94.